The van der Waals surface area contributed by atoms with Crippen LogP contribution in [0.3, 0.4) is 0 Å². The molecule has 5 N–H and O–H groups in total. The zero-order chi connectivity index (χ0) is 13.7. The van der Waals surface area contributed by atoms with Crippen molar-refractivity contribution in [1.29, 1.82) is 0 Å². The first-order valence-corrected chi connectivity index (χ1v) is 6.36. The number of carbonyl (C=O) groups excluding carboxylic acids is 2. The number of amides is 3. The first-order valence-electron chi connectivity index (χ1n) is 6.36. The molecule has 1 aromatic carbocycles. The Kier molecular flexibility index (Phi) is 4.35. The molecule has 1 heterocycles. The molecule has 6 nitrogen and oxygen atoms in total. The molecule has 0 radical (unpaired) electrons. The van der Waals surface area contributed by atoms with E-state index in [4.69, 9.17) is 5.73 Å². The molecule has 0 aromatic heterocycles. The minimum absolute atomic E-state index is 0.0454. The summed E-state index contributed by atoms with van der Waals surface area (Å²) in [6.45, 7) is 0.876. The van der Waals surface area contributed by atoms with Gasteiger partial charge in [-0.25, -0.2) is 4.79 Å². The summed E-state index contributed by atoms with van der Waals surface area (Å²) < 4.78 is 0. The van der Waals surface area contributed by atoms with Crippen molar-refractivity contribution in [2.75, 3.05) is 17.2 Å². The lowest BCUT2D eigenvalue weighted by molar-refractivity contribution is -0.118. The van der Waals surface area contributed by atoms with Crippen LogP contribution in [-0.4, -0.2) is 24.5 Å². The van der Waals surface area contributed by atoms with E-state index in [1.807, 2.05) is 0 Å². The molecule has 6 heteroatoms. The van der Waals surface area contributed by atoms with Gasteiger partial charge in [-0.3, -0.25) is 4.79 Å². The van der Waals surface area contributed by atoms with E-state index in [0.29, 0.717) is 11.4 Å². The lowest BCUT2D eigenvalue weighted by Gasteiger charge is -2.22. The van der Waals surface area contributed by atoms with E-state index in [-0.39, 0.29) is 11.9 Å². The number of benzene rings is 1. The van der Waals surface area contributed by atoms with Crippen LogP contribution in [0.15, 0.2) is 24.3 Å². The van der Waals surface area contributed by atoms with E-state index in [9.17, 15) is 9.59 Å². The van der Waals surface area contributed by atoms with Gasteiger partial charge in [0.25, 0.3) is 0 Å². The van der Waals surface area contributed by atoms with Gasteiger partial charge in [0.15, 0.2) is 0 Å². The Morgan fingerprint density at radius 2 is 1.95 bits per heavy atom. The van der Waals surface area contributed by atoms with Gasteiger partial charge < -0.3 is 21.7 Å². The van der Waals surface area contributed by atoms with Gasteiger partial charge in [-0.2, -0.15) is 0 Å². The van der Waals surface area contributed by atoms with Crippen LogP contribution in [0.5, 0.6) is 0 Å². The lowest BCUT2D eigenvalue weighted by atomic mass is 10.0. The molecule has 0 bridgehead atoms. The van der Waals surface area contributed by atoms with Crippen molar-refractivity contribution in [2.45, 2.75) is 25.3 Å². The Labute approximate surface area is 111 Å². The Balaban J connectivity index is 1.97. The predicted molar refractivity (Wildman–Crippen MR) is 73.9 cm³/mol. The first kappa shape index (κ1) is 13.4. The van der Waals surface area contributed by atoms with Crippen molar-refractivity contribution in [2.24, 2.45) is 5.73 Å². The van der Waals surface area contributed by atoms with Gasteiger partial charge in [-0.05, 0) is 37.6 Å². The molecule has 0 unspecified atom stereocenters. The number of urea groups is 1. The van der Waals surface area contributed by atoms with Gasteiger partial charge in [0.1, 0.15) is 0 Å². The van der Waals surface area contributed by atoms with E-state index in [2.05, 4.69) is 16.0 Å². The Morgan fingerprint density at radius 1 is 1.21 bits per heavy atom. The second-order valence-corrected chi connectivity index (χ2v) is 4.56. The number of carbonyl (C=O) groups is 2. The smallest absolute Gasteiger partial charge is 0.316 e. The number of nitrogens with two attached hydrogens (primary N) is 1. The molecule has 2 rings (SSSR count). The number of hydrogen-bond donors (Lipinski definition) is 4. The fourth-order valence-electron chi connectivity index (χ4n) is 2.12. The fourth-order valence-corrected chi connectivity index (χ4v) is 2.12. The molecular weight excluding hydrogens is 244 g/mol. The number of hydrogen-bond acceptors (Lipinski definition) is 3. The largest absolute Gasteiger partial charge is 0.351 e. The highest BCUT2D eigenvalue weighted by molar-refractivity contribution is 5.96. The Hall–Kier alpha value is -2.08. The summed E-state index contributed by atoms with van der Waals surface area (Å²) in [5.41, 5.74) is 6.24. The zero-order valence-corrected chi connectivity index (χ0v) is 10.6. The summed E-state index contributed by atoms with van der Waals surface area (Å²) >= 11 is 0. The van der Waals surface area contributed by atoms with Crippen molar-refractivity contribution in [3.05, 3.63) is 24.3 Å². The third-order valence-electron chi connectivity index (χ3n) is 3.02. The third kappa shape index (κ3) is 3.96. The highest BCUT2D eigenvalue weighted by Crippen LogP contribution is 2.16. The molecule has 0 saturated carbocycles. The minimum atomic E-state index is -0.627. The summed E-state index contributed by atoms with van der Waals surface area (Å²) in [7, 11) is 0. The highest BCUT2D eigenvalue weighted by Gasteiger charge is 2.20. The van der Waals surface area contributed by atoms with Crippen LogP contribution in [0.1, 0.15) is 19.3 Å². The van der Waals surface area contributed by atoms with Crippen molar-refractivity contribution in [1.82, 2.24) is 5.32 Å². The Morgan fingerprint density at radius 3 is 2.58 bits per heavy atom. The van der Waals surface area contributed by atoms with Gasteiger partial charge in [-0.15, -0.1) is 0 Å². The minimum Gasteiger partial charge on any atom is -0.351 e. The maximum Gasteiger partial charge on any atom is 0.316 e. The molecule has 19 heavy (non-hydrogen) atoms. The average Bonchev–Trinajstić information content (AvgIpc) is 2.39. The van der Waals surface area contributed by atoms with E-state index >= 15 is 0 Å². The van der Waals surface area contributed by atoms with E-state index in [0.717, 1.165) is 25.8 Å². The number of rotatable bonds is 3. The van der Waals surface area contributed by atoms with Crippen LogP contribution in [0, 0.1) is 0 Å². The topological polar surface area (TPSA) is 96.2 Å². The first-order chi connectivity index (χ1) is 9.15. The van der Waals surface area contributed by atoms with Gasteiger partial charge in [-0.1, -0.05) is 12.5 Å². The molecule has 3 amide bonds. The summed E-state index contributed by atoms with van der Waals surface area (Å²) in [5.74, 6) is -0.0454. The van der Waals surface area contributed by atoms with Gasteiger partial charge in [0.05, 0.1) is 6.04 Å². The van der Waals surface area contributed by atoms with Crippen molar-refractivity contribution in [3.8, 4) is 0 Å². The number of piperidine rings is 1. The lowest BCUT2D eigenvalue weighted by Crippen LogP contribution is -2.43. The second kappa shape index (κ2) is 6.19. The summed E-state index contributed by atoms with van der Waals surface area (Å²) in [4.78, 5) is 22.8. The van der Waals surface area contributed by atoms with Gasteiger partial charge >= 0.3 is 6.03 Å². The molecule has 1 atom stereocenters. The van der Waals surface area contributed by atoms with Crippen LogP contribution >= 0.6 is 0 Å². The molecule has 1 saturated heterocycles. The molecule has 1 fully saturated rings. The molecule has 1 aromatic rings. The normalized spacial score (nSPS) is 18.6. The molecule has 1 aliphatic heterocycles. The monoisotopic (exact) mass is 262 g/mol. The number of anilines is 2. The average molecular weight is 262 g/mol. The quantitative estimate of drug-likeness (QED) is 0.660. The van der Waals surface area contributed by atoms with Crippen molar-refractivity contribution >= 4 is 23.3 Å². The summed E-state index contributed by atoms with van der Waals surface area (Å²) in [5, 5.41) is 8.49. The van der Waals surface area contributed by atoms with Crippen LogP contribution in [0.4, 0.5) is 16.2 Å². The van der Waals surface area contributed by atoms with Crippen molar-refractivity contribution in [3.63, 3.8) is 0 Å². The molecule has 0 spiro atoms. The highest BCUT2D eigenvalue weighted by atomic mass is 16.2. The SMILES string of the molecule is NC(=O)Nc1cccc(NC(=O)[C@H]2CCCCN2)c1. The summed E-state index contributed by atoms with van der Waals surface area (Å²) in [6, 6.07) is 6.13. The summed E-state index contributed by atoms with van der Waals surface area (Å²) in [6.07, 6.45) is 3.03. The van der Waals surface area contributed by atoms with Crippen LogP contribution < -0.4 is 21.7 Å². The van der Waals surface area contributed by atoms with E-state index in [1.54, 1.807) is 24.3 Å². The zero-order valence-electron chi connectivity index (χ0n) is 10.6. The molecular formula is C13H18N4O2. The Bertz CT molecular complexity index is 469. The van der Waals surface area contributed by atoms with Gasteiger partial charge in [0.2, 0.25) is 5.91 Å². The number of nitrogens with one attached hydrogen (secondary N) is 3. The molecule has 1 aliphatic rings. The maximum atomic E-state index is 12.0. The van der Waals surface area contributed by atoms with Crippen LogP contribution in [0.2, 0.25) is 0 Å². The van der Waals surface area contributed by atoms with Crippen LogP contribution in [-0.2, 0) is 4.79 Å². The standard InChI is InChI=1S/C13H18N4O2/c14-13(19)17-10-5-3-4-9(8-10)16-12(18)11-6-1-2-7-15-11/h3-5,8,11,15H,1-2,6-7H2,(H,16,18)(H3,14,17,19)/t11-/m1/s1. The van der Waals surface area contributed by atoms with Crippen LogP contribution in [0.25, 0.3) is 0 Å². The maximum absolute atomic E-state index is 12.0. The fraction of sp³-hybridized carbons (Fsp3) is 0.385. The predicted octanol–water partition coefficient (Wildman–Crippen LogP) is 1.26. The molecule has 102 valence electrons. The van der Waals surface area contributed by atoms with E-state index < -0.39 is 6.03 Å². The van der Waals surface area contributed by atoms with Gasteiger partial charge in [0, 0.05) is 11.4 Å². The van der Waals surface area contributed by atoms with E-state index in [1.165, 1.54) is 0 Å². The third-order valence-corrected chi connectivity index (χ3v) is 3.02. The molecule has 0 aliphatic carbocycles. The van der Waals surface area contributed by atoms with Crippen molar-refractivity contribution < 1.29 is 9.59 Å². The number of primary amides is 1. The second-order valence-electron chi connectivity index (χ2n) is 4.56.